The Bertz CT molecular complexity index is 762. The molecule has 0 N–H and O–H groups in total. The summed E-state index contributed by atoms with van der Waals surface area (Å²) in [5.74, 6) is 0.870. The van der Waals surface area contributed by atoms with Crippen LogP contribution in [0.25, 0.3) is 11.5 Å². The standard InChI is InChI=1S/C17H13NO3/c1-20-14-9-5-8-13(10-14)16(19)15-11-21-17(18-15)12-6-3-2-4-7-12/h2-11H,1H3. The van der Waals surface area contributed by atoms with Crippen LogP contribution in [0.15, 0.2) is 65.3 Å². The van der Waals surface area contributed by atoms with Gasteiger partial charge in [0.15, 0.2) is 5.69 Å². The van der Waals surface area contributed by atoms with Gasteiger partial charge in [0.05, 0.1) is 7.11 Å². The molecule has 0 aliphatic carbocycles. The van der Waals surface area contributed by atoms with Gasteiger partial charge < -0.3 is 9.15 Å². The minimum atomic E-state index is -0.195. The minimum absolute atomic E-state index is 0.195. The molecule has 0 atom stereocenters. The number of hydrogen-bond acceptors (Lipinski definition) is 4. The second kappa shape index (κ2) is 5.63. The van der Waals surface area contributed by atoms with E-state index in [4.69, 9.17) is 9.15 Å². The van der Waals surface area contributed by atoms with Crippen molar-refractivity contribution in [3.8, 4) is 17.2 Å². The molecule has 0 spiro atoms. The zero-order valence-corrected chi connectivity index (χ0v) is 11.4. The van der Waals surface area contributed by atoms with Gasteiger partial charge in [0.25, 0.3) is 0 Å². The van der Waals surface area contributed by atoms with Crippen LogP contribution in [0.2, 0.25) is 0 Å². The van der Waals surface area contributed by atoms with Crippen molar-refractivity contribution in [1.29, 1.82) is 0 Å². The van der Waals surface area contributed by atoms with Gasteiger partial charge in [0, 0.05) is 11.1 Å². The molecular weight excluding hydrogens is 266 g/mol. The molecule has 0 aliphatic rings. The van der Waals surface area contributed by atoms with Gasteiger partial charge in [-0.25, -0.2) is 4.98 Å². The lowest BCUT2D eigenvalue weighted by atomic mass is 10.1. The van der Waals surface area contributed by atoms with Crippen LogP contribution < -0.4 is 4.74 Å². The summed E-state index contributed by atoms with van der Waals surface area (Å²) in [4.78, 5) is 16.6. The van der Waals surface area contributed by atoms with Gasteiger partial charge >= 0.3 is 0 Å². The molecule has 0 fully saturated rings. The average molecular weight is 279 g/mol. The van der Waals surface area contributed by atoms with Gasteiger partial charge in [0.1, 0.15) is 12.0 Å². The molecule has 3 aromatic rings. The first-order chi connectivity index (χ1) is 10.3. The maximum Gasteiger partial charge on any atom is 0.226 e. The summed E-state index contributed by atoms with van der Waals surface area (Å²) in [7, 11) is 1.56. The number of hydrogen-bond donors (Lipinski definition) is 0. The smallest absolute Gasteiger partial charge is 0.226 e. The number of carbonyl (C=O) groups is 1. The molecule has 0 aliphatic heterocycles. The molecule has 1 heterocycles. The molecule has 21 heavy (non-hydrogen) atoms. The number of ether oxygens (including phenoxy) is 1. The molecule has 0 saturated heterocycles. The highest BCUT2D eigenvalue weighted by Crippen LogP contribution is 2.20. The molecule has 3 rings (SSSR count). The molecule has 2 aromatic carbocycles. The number of nitrogens with zero attached hydrogens (tertiary/aromatic N) is 1. The van der Waals surface area contributed by atoms with E-state index < -0.39 is 0 Å². The van der Waals surface area contributed by atoms with Crippen LogP contribution >= 0.6 is 0 Å². The Kier molecular flexibility index (Phi) is 3.51. The van der Waals surface area contributed by atoms with Crippen molar-refractivity contribution < 1.29 is 13.9 Å². The van der Waals surface area contributed by atoms with E-state index in [1.54, 1.807) is 31.4 Å². The zero-order valence-electron chi connectivity index (χ0n) is 11.4. The van der Waals surface area contributed by atoms with E-state index in [1.807, 2.05) is 30.3 Å². The summed E-state index contributed by atoms with van der Waals surface area (Å²) in [5, 5.41) is 0. The van der Waals surface area contributed by atoms with Crippen molar-refractivity contribution in [2.45, 2.75) is 0 Å². The van der Waals surface area contributed by atoms with Gasteiger partial charge in [-0.3, -0.25) is 4.79 Å². The number of aromatic nitrogens is 1. The predicted octanol–water partition coefficient (Wildman–Crippen LogP) is 3.58. The second-order valence-corrected chi connectivity index (χ2v) is 4.47. The largest absolute Gasteiger partial charge is 0.497 e. The van der Waals surface area contributed by atoms with Crippen LogP contribution in [-0.2, 0) is 0 Å². The van der Waals surface area contributed by atoms with Crippen molar-refractivity contribution >= 4 is 5.78 Å². The Hall–Kier alpha value is -2.88. The first-order valence-corrected chi connectivity index (χ1v) is 6.47. The molecule has 1 aromatic heterocycles. The highest BCUT2D eigenvalue weighted by atomic mass is 16.5. The van der Waals surface area contributed by atoms with Crippen LogP contribution in [0.1, 0.15) is 16.1 Å². The van der Waals surface area contributed by atoms with E-state index in [1.165, 1.54) is 6.26 Å². The van der Waals surface area contributed by atoms with Crippen LogP contribution in [-0.4, -0.2) is 17.9 Å². The molecule has 0 radical (unpaired) electrons. The van der Waals surface area contributed by atoms with Crippen molar-refractivity contribution in [1.82, 2.24) is 4.98 Å². The van der Waals surface area contributed by atoms with E-state index in [9.17, 15) is 4.79 Å². The zero-order chi connectivity index (χ0) is 14.7. The Morgan fingerprint density at radius 3 is 2.67 bits per heavy atom. The molecule has 4 heteroatoms. The van der Waals surface area contributed by atoms with Gasteiger partial charge in [-0.1, -0.05) is 30.3 Å². The summed E-state index contributed by atoms with van der Waals surface area (Å²) in [6.45, 7) is 0. The molecular formula is C17H13NO3. The van der Waals surface area contributed by atoms with Crippen molar-refractivity contribution in [2.75, 3.05) is 7.11 Å². The van der Waals surface area contributed by atoms with Crippen LogP contribution in [0.3, 0.4) is 0 Å². The highest BCUT2D eigenvalue weighted by molar-refractivity contribution is 6.07. The summed E-state index contributed by atoms with van der Waals surface area (Å²) in [5.41, 5.74) is 1.63. The number of carbonyl (C=O) groups excluding carboxylic acids is 1. The van der Waals surface area contributed by atoms with E-state index >= 15 is 0 Å². The molecule has 0 saturated carbocycles. The Balaban J connectivity index is 1.91. The Morgan fingerprint density at radius 1 is 1.10 bits per heavy atom. The van der Waals surface area contributed by atoms with Crippen molar-refractivity contribution in [2.24, 2.45) is 0 Å². The first kappa shape index (κ1) is 13.1. The lowest BCUT2D eigenvalue weighted by molar-refractivity contribution is 0.103. The van der Waals surface area contributed by atoms with Crippen molar-refractivity contribution in [3.63, 3.8) is 0 Å². The fourth-order valence-corrected chi connectivity index (χ4v) is 2.00. The van der Waals surface area contributed by atoms with Gasteiger partial charge in [0.2, 0.25) is 11.7 Å². The number of benzene rings is 2. The summed E-state index contributed by atoms with van der Waals surface area (Å²) in [6, 6.07) is 16.4. The topological polar surface area (TPSA) is 52.3 Å². The molecule has 4 nitrogen and oxygen atoms in total. The van der Waals surface area contributed by atoms with Gasteiger partial charge in [-0.2, -0.15) is 0 Å². The number of rotatable bonds is 4. The van der Waals surface area contributed by atoms with E-state index in [0.29, 0.717) is 17.2 Å². The van der Waals surface area contributed by atoms with Crippen LogP contribution in [0, 0.1) is 0 Å². The maximum absolute atomic E-state index is 12.4. The monoisotopic (exact) mass is 279 g/mol. The van der Waals surface area contributed by atoms with E-state index in [-0.39, 0.29) is 11.5 Å². The predicted molar refractivity (Wildman–Crippen MR) is 78.4 cm³/mol. The highest BCUT2D eigenvalue weighted by Gasteiger charge is 2.15. The van der Waals surface area contributed by atoms with E-state index in [2.05, 4.69) is 4.98 Å². The quantitative estimate of drug-likeness (QED) is 0.685. The summed E-state index contributed by atoms with van der Waals surface area (Å²) < 4.78 is 10.5. The molecule has 0 bridgehead atoms. The lowest BCUT2D eigenvalue weighted by Crippen LogP contribution is -2.02. The minimum Gasteiger partial charge on any atom is -0.497 e. The number of methoxy groups -OCH3 is 1. The van der Waals surface area contributed by atoms with E-state index in [0.717, 1.165) is 5.56 Å². The average Bonchev–Trinajstić information content (AvgIpc) is 3.05. The Morgan fingerprint density at radius 2 is 1.90 bits per heavy atom. The summed E-state index contributed by atoms with van der Waals surface area (Å²) >= 11 is 0. The third-order valence-corrected chi connectivity index (χ3v) is 3.09. The van der Waals surface area contributed by atoms with Crippen molar-refractivity contribution in [3.05, 3.63) is 72.1 Å². The SMILES string of the molecule is COc1cccc(C(=O)c2coc(-c3ccccc3)n2)c1. The van der Waals surface area contributed by atoms with Gasteiger partial charge in [-0.05, 0) is 24.3 Å². The molecule has 0 amide bonds. The fourth-order valence-electron chi connectivity index (χ4n) is 2.00. The third-order valence-electron chi connectivity index (χ3n) is 3.09. The summed E-state index contributed by atoms with van der Waals surface area (Å²) in [6.07, 6.45) is 1.38. The first-order valence-electron chi connectivity index (χ1n) is 6.47. The number of oxazole rings is 1. The number of ketones is 1. The maximum atomic E-state index is 12.4. The third kappa shape index (κ3) is 2.69. The molecule has 104 valence electrons. The van der Waals surface area contributed by atoms with Crippen LogP contribution in [0.5, 0.6) is 5.75 Å². The fraction of sp³-hybridized carbons (Fsp3) is 0.0588. The van der Waals surface area contributed by atoms with Crippen LogP contribution in [0.4, 0.5) is 0 Å². The lowest BCUT2D eigenvalue weighted by Gasteiger charge is -2.01. The van der Waals surface area contributed by atoms with Gasteiger partial charge in [-0.15, -0.1) is 0 Å². The molecule has 0 unspecified atom stereocenters. The Labute approximate surface area is 122 Å². The second-order valence-electron chi connectivity index (χ2n) is 4.47. The normalized spacial score (nSPS) is 10.3.